The molecule has 0 saturated carbocycles. The average Bonchev–Trinajstić information content (AvgIpc) is 3.20. The van der Waals surface area contributed by atoms with Crippen LogP contribution in [0.2, 0.25) is 0 Å². The summed E-state index contributed by atoms with van der Waals surface area (Å²) in [6, 6.07) is 18.1. The second-order valence-electron chi connectivity index (χ2n) is 6.92. The fourth-order valence-electron chi connectivity index (χ4n) is 2.90. The molecule has 0 aliphatic rings. The number of alkyl halides is 3. The summed E-state index contributed by atoms with van der Waals surface area (Å²) in [5, 5.41) is 5.26. The van der Waals surface area contributed by atoms with E-state index in [9.17, 15) is 22.8 Å². The van der Waals surface area contributed by atoms with Gasteiger partial charge in [-0.1, -0.05) is 60.7 Å². The molecule has 1 aromatic heterocycles. The van der Waals surface area contributed by atoms with Gasteiger partial charge in [0, 0.05) is 25.5 Å². The number of benzene rings is 2. The van der Waals surface area contributed by atoms with Gasteiger partial charge in [-0.15, -0.1) is 0 Å². The third kappa shape index (κ3) is 6.83. The number of hydrogen-bond acceptors (Lipinski definition) is 3. The lowest BCUT2D eigenvalue weighted by Gasteiger charge is -2.12. The number of rotatable bonds is 8. The predicted octanol–water partition coefficient (Wildman–Crippen LogP) is 3.46. The zero-order chi connectivity index (χ0) is 23.0. The third-order valence-corrected chi connectivity index (χ3v) is 4.45. The first-order chi connectivity index (χ1) is 15.3. The Kier molecular flexibility index (Phi) is 7.43. The van der Waals surface area contributed by atoms with Crippen molar-refractivity contribution < 1.29 is 22.8 Å². The molecule has 0 radical (unpaired) electrons. The van der Waals surface area contributed by atoms with Gasteiger partial charge in [-0.2, -0.15) is 13.2 Å². The van der Waals surface area contributed by atoms with Gasteiger partial charge in [-0.25, -0.2) is 4.98 Å². The van der Waals surface area contributed by atoms with E-state index in [0.29, 0.717) is 0 Å². The molecule has 0 atom stereocenters. The maximum absolute atomic E-state index is 12.8. The van der Waals surface area contributed by atoms with Crippen LogP contribution in [0.25, 0.3) is 6.08 Å². The van der Waals surface area contributed by atoms with E-state index in [0.717, 1.165) is 28.0 Å². The molecule has 2 amide bonds. The van der Waals surface area contributed by atoms with Crippen molar-refractivity contribution in [1.82, 2.24) is 20.2 Å². The van der Waals surface area contributed by atoms with Crippen LogP contribution in [0.1, 0.15) is 17.0 Å². The molecule has 0 unspecified atom stereocenters. The van der Waals surface area contributed by atoms with Gasteiger partial charge in [-0.05, 0) is 17.2 Å². The Bertz CT molecular complexity index is 1020. The van der Waals surface area contributed by atoms with Crippen LogP contribution >= 0.6 is 0 Å². The topological polar surface area (TPSA) is 76.0 Å². The van der Waals surface area contributed by atoms with Crippen LogP contribution in [0.5, 0.6) is 0 Å². The minimum absolute atomic E-state index is 0.151. The summed E-state index contributed by atoms with van der Waals surface area (Å²) in [5.74, 6) is -1.59. The molecule has 0 saturated heterocycles. The minimum atomic E-state index is -4.48. The summed E-state index contributed by atoms with van der Waals surface area (Å²) in [7, 11) is 0. The quantitative estimate of drug-likeness (QED) is 0.319. The van der Waals surface area contributed by atoms with Crippen molar-refractivity contribution in [2.75, 3.05) is 0 Å². The van der Waals surface area contributed by atoms with E-state index < -0.39 is 24.5 Å². The monoisotopic (exact) mass is 442 g/mol. The van der Waals surface area contributed by atoms with E-state index in [-0.39, 0.29) is 24.5 Å². The van der Waals surface area contributed by atoms with Crippen molar-refractivity contribution in [3.63, 3.8) is 0 Å². The zero-order valence-electron chi connectivity index (χ0n) is 17.0. The highest BCUT2D eigenvalue weighted by Crippen LogP contribution is 2.19. The minimum Gasteiger partial charge on any atom is -0.348 e. The molecule has 3 aromatic rings. The fraction of sp³-hybridized carbons (Fsp3) is 0.174. The summed E-state index contributed by atoms with van der Waals surface area (Å²) in [4.78, 5) is 29.5. The van der Waals surface area contributed by atoms with Crippen molar-refractivity contribution in [2.24, 2.45) is 0 Å². The lowest BCUT2D eigenvalue weighted by atomic mass is 10.1. The van der Waals surface area contributed by atoms with E-state index in [1.165, 1.54) is 6.20 Å². The van der Waals surface area contributed by atoms with Gasteiger partial charge < -0.3 is 15.2 Å². The first-order valence-electron chi connectivity index (χ1n) is 9.75. The standard InChI is InChI=1S/C23H21F3N4O2/c24-23(25,26)16-30-12-11-27-20(30)13-19(21(31)28-14-17-7-3-1-4-8-17)22(32)29-15-18-9-5-2-6-10-18/h1-13H,14-16H2,(H,28,31)(H,29,32). The molecule has 32 heavy (non-hydrogen) atoms. The van der Waals surface area contributed by atoms with Crippen molar-refractivity contribution in [1.29, 1.82) is 0 Å². The van der Waals surface area contributed by atoms with Crippen LogP contribution in [-0.2, 0) is 29.2 Å². The molecule has 1 heterocycles. The summed E-state index contributed by atoms with van der Waals surface area (Å²) in [5.41, 5.74) is 1.28. The van der Waals surface area contributed by atoms with E-state index in [2.05, 4.69) is 15.6 Å². The summed E-state index contributed by atoms with van der Waals surface area (Å²) >= 11 is 0. The number of hydrogen-bond donors (Lipinski definition) is 2. The Balaban J connectivity index is 1.81. The van der Waals surface area contributed by atoms with Gasteiger partial charge in [-0.3, -0.25) is 9.59 Å². The molecule has 2 N–H and O–H groups in total. The lowest BCUT2D eigenvalue weighted by Crippen LogP contribution is -2.34. The SMILES string of the molecule is O=C(NCc1ccccc1)C(=Cc1nccn1CC(F)(F)F)C(=O)NCc1ccccc1. The van der Waals surface area contributed by atoms with E-state index >= 15 is 0 Å². The summed E-state index contributed by atoms with van der Waals surface area (Å²) in [6.07, 6.45) is -1.10. The van der Waals surface area contributed by atoms with Crippen molar-refractivity contribution >= 4 is 17.9 Å². The molecule has 2 aromatic carbocycles. The molecule has 0 aliphatic carbocycles. The Labute approximate surface area is 182 Å². The lowest BCUT2D eigenvalue weighted by molar-refractivity contribution is -0.140. The van der Waals surface area contributed by atoms with Gasteiger partial charge in [0.1, 0.15) is 17.9 Å². The van der Waals surface area contributed by atoms with Gasteiger partial charge in [0.25, 0.3) is 11.8 Å². The maximum Gasteiger partial charge on any atom is 0.406 e. The molecule has 9 heteroatoms. The molecule has 166 valence electrons. The van der Waals surface area contributed by atoms with Crippen LogP contribution < -0.4 is 10.6 Å². The first kappa shape index (κ1) is 22.8. The largest absolute Gasteiger partial charge is 0.406 e. The number of nitrogens with one attached hydrogen (secondary N) is 2. The Hall–Kier alpha value is -3.88. The molecule has 0 aliphatic heterocycles. The number of halogens is 3. The molecular weight excluding hydrogens is 421 g/mol. The molecule has 0 fully saturated rings. The normalized spacial score (nSPS) is 11.0. The predicted molar refractivity (Wildman–Crippen MR) is 113 cm³/mol. The van der Waals surface area contributed by atoms with Gasteiger partial charge >= 0.3 is 6.18 Å². The third-order valence-electron chi connectivity index (χ3n) is 4.45. The second-order valence-corrected chi connectivity index (χ2v) is 6.92. The van der Waals surface area contributed by atoms with E-state index in [4.69, 9.17) is 0 Å². The summed E-state index contributed by atoms with van der Waals surface area (Å²) < 4.78 is 39.4. The average molecular weight is 442 g/mol. The van der Waals surface area contributed by atoms with Gasteiger partial charge in [0.05, 0.1) is 0 Å². The number of carbonyl (C=O) groups is 2. The highest BCUT2D eigenvalue weighted by atomic mass is 19.4. The molecule has 0 bridgehead atoms. The molecule has 0 spiro atoms. The number of carbonyl (C=O) groups excluding carboxylic acids is 2. The number of imidazole rings is 1. The summed E-state index contributed by atoms with van der Waals surface area (Å²) in [6.45, 7) is -0.983. The molecule has 6 nitrogen and oxygen atoms in total. The van der Waals surface area contributed by atoms with Crippen LogP contribution in [0.15, 0.2) is 78.6 Å². The Morgan fingerprint density at radius 1 is 0.875 bits per heavy atom. The molecular formula is C23H21F3N4O2. The highest BCUT2D eigenvalue weighted by Gasteiger charge is 2.29. The second kappa shape index (κ2) is 10.4. The maximum atomic E-state index is 12.8. The first-order valence-corrected chi connectivity index (χ1v) is 9.75. The van der Waals surface area contributed by atoms with Crippen LogP contribution in [0.3, 0.4) is 0 Å². The Morgan fingerprint density at radius 2 is 1.38 bits per heavy atom. The smallest absolute Gasteiger partial charge is 0.348 e. The van der Waals surface area contributed by atoms with Crippen molar-refractivity contribution in [3.05, 3.63) is 95.6 Å². The van der Waals surface area contributed by atoms with Crippen LogP contribution in [0, 0.1) is 0 Å². The van der Waals surface area contributed by atoms with Gasteiger partial charge in [0.15, 0.2) is 0 Å². The number of nitrogens with zero attached hydrogens (tertiary/aromatic N) is 2. The number of aromatic nitrogens is 2. The van der Waals surface area contributed by atoms with E-state index in [1.807, 2.05) is 12.1 Å². The van der Waals surface area contributed by atoms with Crippen molar-refractivity contribution in [2.45, 2.75) is 25.8 Å². The molecule has 3 rings (SSSR count). The van der Waals surface area contributed by atoms with Crippen molar-refractivity contribution in [3.8, 4) is 0 Å². The van der Waals surface area contributed by atoms with Gasteiger partial charge in [0.2, 0.25) is 0 Å². The van der Waals surface area contributed by atoms with Crippen LogP contribution in [0.4, 0.5) is 13.2 Å². The number of amides is 2. The van der Waals surface area contributed by atoms with E-state index in [1.54, 1.807) is 48.5 Å². The Morgan fingerprint density at radius 3 is 1.84 bits per heavy atom. The highest BCUT2D eigenvalue weighted by molar-refractivity contribution is 6.21. The fourth-order valence-corrected chi connectivity index (χ4v) is 2.90. The van der Waals surface area contributed by atoms with Crippen LogP contribution in [-0.4, -0.2) is 27.5 Å². The zero-order valence-corrected chi connectivity index (χ0v) is 17.0.